The van der Waals surface area contributed by atoms with Gasteiger partial charge in [0.25, 0.3) is 16.1 Å². The predicted octanol–water partition coefficient (Wildman–Crippen LogP) is 2.61. The fourth-order valence-corrected chi connectivity index (χ4v) is 5.79. The van der Waals surface area contributed by atoms with Crippen molar-refractivity contribution in [2.75, 3.05) is 33.2 Å². The summed E-state index contributed by atoms with van der Waals surface area (Å²) in [5.74, 6) is 0.299. The van der Waals surface area contributed by atoms with E-state index in [9.17, 15) is 13.2 Å². The summed E-state index contributed by atoms with van der Waals surface area (Å²) in [4.78, 5) is 14.4. The first-order valence-corrected chi connectivity index (χ1v) is 11.9. The van der Waals surface area contributed by atoms with E-state index < -0.39 is 10.2 Å². The molecule has 2 aromatic rings. The molecule has 162 valence electrons. The SMILES string of the molecule is CN(C1CCCCC1)S(=O)(=O)N1CCN(C(=O)c2cc(-c3ccccc3)on2)CC1. The van der Waals surface area contributed by atoms with E-state index in [0.717, 1.165) is 31.2 Å². The van der Waals surface area contributed by atoms with Gasteiger partial charge in [-0.2, -0.15) is 17.0 Å². The minimum absolute atomic E-state index is 0.0787. The molecule has 1 saturated carbocycles. The second-order valence-corrected chi connectivity index (χ2v) is 9.94. The molecule has 1 saturated heterocycles. The fraction of sp³-hybridized carbons (Fsp3) is 0.524. The van der Waals surface area contributed by atoms with Crippen LogP contribution in [0.25, 0.3) is 11.3 Å². The number of piperazine rings is 1. The molecule has 2 aliphatic rings. The van der Waals surface area contributed by atoms with E-state index >= 15 is 0 Å². The normalized spacial score (nSPS) is 19.3. The summed E-state index contributed by atoms with van der Waals surface area (Å²) < 4.78 is 34.4. The van der Waals surface area contributed by atoms with Gasteiger partial charge in [0.15, 0.2) is 11.5 Å². The van der Waals surface area contributed by atoms with Crippen LogP contribution < -0.4 is 0 Å². The molecule has 4 rings (SSSR count). The number of rotatable bonds is 5. The number of amides is 1. The average Bonchev–Trinajstić information content (AvgIpc) is 3.30. The summed E-state index contributed by atoms with van der Waals surface area (Å²) in [5, 5.41) is 3.92. The lowest BCUT2D eigenvalue weighted by Crippen LogP contribution is -2.55. The number of aromatic nitrogens is 1. The second kappa shape index (κ2) is 8.87. The maximum Gasteiger partial charge on any atom is 0.282 e. The molecule has 1 aliphatic heterocycles. The Morgan fingerprint density at radius 1 is 1.07 bits per heavy atom. The molecular formula is C21H28N4O4S. The van der Waals surface area contributed by atoms with Crippen LogP contribution >= 0.6 is 0 Å². The van der Waals surface area contributed by atoms with Crippen molar-refractivity contribution in [1.29, 1.82) is 0 Å². The number of benzene rings is 1. The van der Waals surface area contributed by atoms with Gasteiger partial charge in [0.1, 0.15) is 0 Å². The van der Waals surface area contributed by atoms with Gasteiger partial charge in [0.05, 0.1) is 0 Å². The highest BCUT2D eigenvalue weighted by Crippen LogP contribution is 2.25. The van der Waals surface area contributed by atoms with Crippen LogP contribution in [0.5, 0.6) is 0 Å². The van der Waals surface area contributed by atoms with Gasteiger partial charge in [0.2, 0.25) is 0 Å². The van der Waals surface area contributed by atoms with E-state index in [2.05, 4.69) is 5.16 Å². The zero-order valence-electron chi connectivity index (χ0n) is 17.2. The molecule has 2 heterocycles. The molecule has 0 N–H and O–H groups in total. The van der Waals surface area contributed by atoms with E-state index in [1.54, 1.807) is 18.0 Å². The van der Waals surface area contributed by atoms with Crippen LogP contribution in [0, 0.1) is 0 Å². The summed E-state index contributed by atoms with van der Waals surface area (Å²) in [6.07, 6.45) is 5.18. The Labute approximate surface area is 177 Å². The number of nitrogens with zero attached hydrogens (tertiary/aromatic N) is 4. The Balaban J connectivity index is 1.37. The molecule has 0 radical (unpaired) electrons. The molecule has 0 atom stereocenters. The Bertz CT molecular complexity index is 962. The minimum atomic E-state index is -3.51. The molecule has 0 spiro atoms. The summed E-state index contributed by atoms with van der Waals surface area (Å²) in [6.45, 7) is 1.25. The van der Waals surface area contributed by atoms with Gasteiger partial charge >= 0.3 is 0 Å². The number of hydrogen-bond acceptors (Lipinski definition) is 5. The third-order valence-corrected chi connectivity index (χ3v) is 8.14. The first kappa shape index (κ1) is 21.0. The largest absolute Gasteiger partial charge is 0.355 e. The molecule has 0 bridgehead atoms. The van der Waals surface area contributed by atoms with Crippen LogP contribution in [0.2, 0.25) is 0 Å². The van der Waals surface area contributed by atoms with Gasteiger partial charge in [-0.1, -0.05) is 54.8 Å². The van der Waals surface area contributed by atoms with Crippen molar-refractivity contribution in [2.45, 2.75) is 38.1 Å². The maximum atomic E-state index is 13.0. The van der Waals surface area contributed by atoms with E-state index in [-0.39, 0.29) is 30.7 Å². The van der Waals surface area contributed by atoms with Crippen molar-refractivity contribution in [1.82, 2.24) is 18.7 Å². The van der Waals surface area contributed by atoms with Gasteiger partial charge in [0, 0.05) is 50.9 Å². The monoisotopic (exact) mass is 432 g/mol. The summed E-state index contributed by atoms with van der Waals surface area (Å²) in [7, 11) is -1.83. The van der Waals surface area contributed by atoms with Crippen LogP contribution in [0.1, 0.15) is 42.6 Å². The Hall–Kier alpha value is -2.23. The fourth-order valence-electron chi connectivity index (χ4n) is 4.21. The molecule has 1 aromatic carbocycles. The van der Waals surface area contributed by atoms with Crippen LogP contribution in [0.4, 0.5) is 0 Å². The lowest BCUT2D eigenvalue weighted by atomic mass is 9.96. The first-order chi connectivity index (χ1) is 14.5. The smallest absolute Gasteiger partial charge is 0.282 e. The van der Waals surface area contributed by atoms with Crippen molar-refractivity contribution in [3.8, 4) is 11.3 Å². The number of carbonyl (C=O) groups excluding carboxylic acids is 1. The van der Waals surface area contributed by atoms with Gasteiger partial charge < -0.3 is 9.42 Å². The van der Waals surface area contributed by atoms with E-state index in [0.29, 0.717) is 18.8 Å². The Kier molecular flexibility index (Phi) is 6.21. The highest BCUT2D eigenvalue weighted by molar-refractivity contribution is 7.86. The van der Waals surface area contributed by atoms with Crippen molar-refractivity contribution < 1.29 is 17.7 Å². The zero-order valence-corrected chi connectivity index (χ0v) is 18.1. The van der Waals surface area contributed by atoms with Crippen LogP contribution in [0.3, 0.4) is 0 Å². The van der Waals surface area contributed by atoms with Gasteiger partial charge in [-0.15, -0.1) is 0 Å². The quantitative estimate of drug-likeness (QED) is 0.725. The van der Waals surface area contributed by atoms with Gasteiger partial charge in [-0.25, -0.2) is 0 Å². The van der Waals surface area contributed by atoms with Crippen molar-refractivity contribution in [3.63, 3.8) is 0 Å². The molecule has 30 heavy (non-hydrogen) atoms. The highest BCUT2D eigenvalue weighted by atomic mass is 32.2. The summed E-state index contributed by atoms with van der Waals surface area (Å²) >= 11 is 0. The van der Waals surface area contributed by atoms with E-state index in [1.807, 2.05) is 30.3 Å². The van der Waals surface area contributed by atoms with Gasteiger partial charge in [-0.05, 0) is 12.8 Å². The van der Waals surface area contributed by atoms with Crippen molar-refractivity contribution in [3.05, 3.63) is 42.1 Å². The molecule has 0 unspecified atom stereocenters. The molecule has 1 aromatic heterocycles. The average molecular weight is 433 g/mol. The van der Waals surface area contributed by atoms with Crippen molar-refractivity contribution >= 4 is 16.1 Å². The lowest BCUT2D eigenvalue weighted by Gasteiger charge is -2.38. The van der Waals surface area contributed by atoms with E-state index in [1.165, 1.54) is 15.0 Å². The first-order valence-electron chi connectivity index (χ1n) is 10.5. The third-order valence-electron chi connectivity index (χ3n) is 6.09. The highest BCUT2D eigenvalue weighted by Gasteiger charge is 2.35. The van der Waals surface area contributed by atoms with Crippen LogP contribution in [-0.4, -0.2) is 72.3 Å². The van der Waals surface area contributed by atoms with Crippen LogP contribution in [-0.2, 0) is 10.2 Å². The zero-order chi connectivity index (χ0) is 21.1. The van der Waals surface area contributed by atoms with Crippen LogP contribution in [0.15, 0.2) is 40.9 Å². The lowest BCUT2D eigenvalue weighted by molar-refractivity contribution is 0.0682. The molecule has 1 aliphatic carbocycles. The predicted molar refractivity (Wildman–Crippen MR) is 113 cm³/mol. The molecule has 8 nitrogen and oxygen atoms in total. The number of hydrogen-bond donors (Lipinski definition) is 0. The standard InChI is InChI=1S/C21H28N4O4S/c1-23(18-10-6-3-7-11-18)30(27,28)25-14-12-24(13-15-25)21(26)19-16-20(29-22-19)17-8-4-2-5-9-17/h2,4-5,8-9,16,18H,3,6-7,10-15H2,1H3. The number of carbonyl (C=O) groups is 1. The Morgan fingerprint density at radius 2 is 1.73 bits per heavy atom. The minimum Gasteiger partial charge on any atom is -0.355 e. The molecule has 9 heteroatoms. The molecular weight excluding hydrogens is 404 g/mol. The molecule has 1 amide bonds. The van der Waals surface area contributed by atoms with Gasteiger partial charge in [-0.3, -0.25) is 4.79 Å². The Morgan fingerprint density at radius 3 is 2.40 bits per heavy atom. The third kappa shape index (κ3) is 4.28. The topological polar surface area (TPSA) is 87.0 Å². The second-order valence-electron chi connectivity index (χ2n) is 7.95. The van der Waals surface area contributed by atoms with E-state index in [4.69, 9.17) is 4.52 Å². The summed E-state index contributed by atoms with van der Waals surface area (Å²) in [6, 6.07) is 11.2. The maximum absolute atomic E-state index is 13.0. The molecule has 2 fully saturated rings. The summed E-state index contributed by atoms with van der Waals surface area (Å²) in [5.41, 5.74) is 1.09. The van der Waals surface area contributed by atoms with Crippen molar-refractivity contribution in [2.24, 2.45) is 0 Å².